The molecule has 106 valence electrons. The zero-order valence-corrected chi connectivity index (χ0v) is 11.5. The minimum Gasteiger partial charge on any atom is -0.491 e. The second-order valence-electron chi connectivity index (χ2n) is 4.04. The molecule has 0 unspecified atom stereocenters. The highest BCUT2D eigenvalue weighted by Crippen LogP contribution is 2.32. The van der Waals surface area contributed by atoms with Crippen molar-refractivity contribution in [3.63, 3.8) is 0 Å². The van der Waals surface area contributed by atoms with Crippen LogP contribution in [0.3, 0.4) is 0 Å². The molecule has 2 aromatic rings. The van der Waals surface area contributed by atoms with Crippen LogP contribution in [0.2, 0.25) is 0 Å². The molecule has 20 heavy (non-hydrogen) atoms. The molecule has 0 aliphatic carbocycles. The molecule has 0 N–H and O–H groups in total. The van der Waals surface area contributed by atoms with E-state index in [0.717, 1.165) is 5.39 Å². The Morgan fingerprint density at radius 1 is 1.05 bits per heavy atom. The fourth-order valence-corrected chi connectivity index (χ4v) is 2.02. The van der Waals surface area contributed by atoms with Gasteiger partial charge in [0.15, 0.2) is 0 Å². The van der Waals surface area contributed by atoms with Crippen LogP contribution in [0.15, 0.2) is 36.4 Å². The Morgan fingerprint density at radius 3 is 2.50 bits per heavy atom. The van der Waals surface area contributed by atoms with Gasteiger partial charge in [-0.15, -0.1) is 11.6 Å². The van der Waals surface area contributed by atoms with Crippen molar-refractivity contribution in [1.82, 2.24) is 0 Å². The van der Waals surface area contributed by atoms with Gasteiger partial charge in [0, 0.05) is 17.3 Å². The Bertz CT molecular complexity index is 603. The third kappa shape index (κ3) is 3.37. The molecule has 0 bridgehead atoms. The van der Waals surface area contributed by atoms with Gasteiger partial charge in [-0.2, -0.15) is 0 Å². The fourth-order valence-electron chi connectivity index (χ4n) is 1.91. The maximum absolute atomic E-state index is 11.0. The first-order valence-corrected chi connectivity index (χ1v) is 6.70. The number of nitro benzene ring substituents is 1. The first-order valence-electron chi connectivity index (χ1n) is 6.16. The summed E-state index contributed by atoms with van der Waals surface area (Å²) >= 11 is 5.49. The Balaban J connectivity index is 2.18. The van der Waals surface area contributed by atoms with Gasteiger partial charge in [0.1, 0.15) is 12.4 Å². The first-order chi connectivity index (χ1) is 9.74. The predicted molar refractivity (Wildman–Crippen MR) is 77.6 cm³/mol. The van der Waals surface area contributed by atoms with Crippen molar-refractivity contribution in [2.24, 2.45) is 0 Å². The monoisotopic (exact) mass is 295 g/mol. The highest BCUT2D eigenvalue weighted by Gasteiger charge is 2.14. The highest BCUT2D eigenvalue weighted by atomic mass is 35.5. The average Bonchev–Trinajstić information content (AvgIpc) is 2.46. The van der Waals surface area contributed by atoms with E-state index in [1.807, 2.05) is 6.07 Å². The lowest BCUT2D eigenvalue weighted by Crippen LogP contribution is -2.08. The van der Waals surface area contributed by atoms with Crippen LogP contribution in [0.25, 0.3) is 10.8 Å². The molecule has 2 aromatic carbocycles. The minimum atomic E-state index is -0.393. The highest BCUT2D eigenvalue weighted by molar-refractivity contribution is 6.17. The van der Waals surface area contributed by atoms with Crippen molar-refractivity contribution < 1.29 is 14.4 Å². The smallest absolute Gasteiger partial charge is 0.277 e. The molecule has 0 heterocycles. The number of hydrogen-bond donors (Lipinski definition) is 0. The number of rotatable bonds is 7. The minimum absolute atomic E-state index is 0.0753. The molecular formula is C14H14ClNO4. The number of fused-ring (bicyclic) bond motifs is 1. The zero-order valence-electron chi connectivity index (χ0n) is 10.8. The summed E-state index contributed by atoms with van der Waals surface area (Å²) < 4.78 is 10.8. The molecule has 0 amide bonds. The molecule has 0 aliphatic rings. The van der Waals surface area contributed by atoms with Crippen LogP contribution in [-0.2, 0) is 4.74 Å². The van der Waals surface area contributed by atoms with Gasteiger partial charge in [0.05, 0.1) is 23.5 Å². The van der Waals surface area contributed by atoms with Gasteiger partial charge < -0.3 is 9.47 Å². The molecule has 0 aliphatic heterocycles. The van der Waals surface area contributed by atoms with Crippen molar-refractivity contribution in [1.29, 1.82) is 0 Å². The van der Waals surface area contributed by atoms with Gasteiger partial charge in [-0.05, 0) is 12.1 Å². The summed E-state index contributed by atoms with van der Waals surface area (Å²) in [6, 6.07) is 10.2. The predicted octanol–water partition coefficient (Wildman–Crippen LogP) is 3.38. The number of halogens is 1. The number of benzene rings is 2. The van der Waals surface area contributed by atoms with Crippen LogP contribution in [-0.4, -0.2) is 30.6 Å². The lowest BCUT2D eigenvalue weighted by molar-refractivity contribution is -0.383. The van der Waals surface area contributed by atoms with Crippen LogP contribution >= 0.6 is 11.6 Å². The Labute approximate surface area is 121 Å². The normalized spacial score (nSPS) is 10.7. The van der Waals surface area contributed by atoms with Crippen molar-refractivity contribution in [2.75, 3.05) is 25.7 Å². The number of nitro groups is 1. The molecule has 0 radical (unpaired) electrons. The summed E-state index contributed by atoms with van der Waals surface area (Å²) in [4.78, 5) is 10.6. The molecule has 6 heteroatoms. The maximum atomic E-state index is 11.0. The molecule has 0 aromatic heterocycles. The maximum Gasteiger partial charge on any atom is 0.277 e. The summed E-state index contributed by atoms with van der Waals surface area (Å²) in [6.45, 7) is 1.28. The van der Waals surface area contributed by atoms with E-state index in [0.29, 0.717) is 36.8 Å². The Hall–Kier alpha value is -1.85. The van der Waals surface area contributed by atoms with E-state index >= 15 is 0 Å². The summed E-state index contributed by atoms with van der Waals surface area (Å²) in [5.74, 6) is 1.06. The van der Waals surface area contributed by atoms with Crippen LogP contribution in [0.5, 0.6) is 5.75 Å². The summed E-state index contributed by atoms with van der Waals surface area (Å²) in [7, 11) is 0. The van der Waals surface area contributed by atoms with E-state index in [1.54, 1.807) is 24.3 Å². The average molecular weight is 296 g/mol. The number of nitrogens with zero attached hydrogens (tertiary/aromatic N) is 1. The number of ether oxygens (including phenoxy) is 2. The summed E-state index contributed by atoms with van der Waals surface area (Å²) in [5.41, 5.74) is 0.0753. The van der Waals surface area contributed by atoms with Crippen LogP contribution in [0.4, 0.5) is 5.69 Å². The quantitative estimate of drug-likeness (QED) is 0.340. The van der Waals surface area contributed by atoms with Crippen molar-refractivity contribution in [3.05, 3.63) is 46.5 Å². The van der Waals surface area contributed by atoms with Gasteiger partial charge in [-0.25, -0.2) is 0 Å². The lowest BCUT2D eigenvalue weighted by Gasteiger charge is -2.09. The van der Waals surface area contributed by atoms with E-state index in [2.05, 4.69) is 0 Å². The van der Waals surface area contributed by atoms with E-state index in [1.165, 1.54) is 6.07 Å². The fraction of sp³-hybridized carbons (Fsp3) is 0.286. The van der Waals surface area contributed by atoms with E-state index < -0.39 is 4.92 Å². The second-order valence-corrected chi connectivity index (χ2v) is 4.41. The van der Waals surface area contributed by atoms with Crippen molar-refractivity contribution in [2.45, 2.75) is 0 Å². The van der Waals surface area contributed by atoms with Crippen LogP contribution in [0, 0.1) is 10.1 Å². The van der Waals surface area contributed by atoms with Gasteiger partial charge in [-0.3, -0.25) is 10.1 Å². The zero-order chi connectivity index (χ0) is 14.4. The van der Waals surface area contributed by atoms with Crippen molar-refractivity contribution >= 4 is 28.1 Å². The first kappa shape index (κ1) is 14.6. The van der Waals surface area contributed by atoms with E-state index in [4.69, 9.17) is 21.1 Å². The van der Waals surface area contributed by atoms with E-state index in [9.17, 15) is 10.1 Å². The molecule has 0 spiro atoms. The summed E-state index contributed by atoms with van der Waals surface area (Å²) in [5, 5.41) is 12.3. The third-order valence-corrected chi connectivity index (χ3v) is 2.92. The molecule has 0 saturated heterocycles. The van der Waals surface area contributed by atoms with Gasteiger partial charge in [0.2, 0.25) is 0 Å². The molecule has 0 saturated carbocycles. The van der Waals surface area contributed by atoms with Gasteiger partial charge in [0.25, 0.3) is 5.69 Å². The lowest BCUT2D eigenvalue weighted by atomic mass is 10.1. The van der Waals surface area contributed by atoms with E-state index in [-0.39, 0.29) is 5.69 Å². The topological polar surface area (TPSA) is 61.6 Å². The third-order valence-electron chi connectivity index (χ3n) is 2.76. The van der Waals surface area contributed by atoms with Crippen LogP contribution in [0.1, 0.15) is 0 Å². The van der Waals surface area contributed by atoms with Gasteiger partial charge >= 0.3 is 0 Å². The summed E-state index contributed by atoms with van der Waals surface area (Å²) in [6.07, 6.45) is 0. The molecule has 0 fully saturated rings. The SMILES string of the molecule is O=[N+]([O-])c1ccc(OCCOCCCl)c2ccccc12. The number of hydrogen-bond acceptors (Lipinski definition) is 4. The Morgan fingerprint density at radius 2 is 1.80 bits per heavy atom. The standard InChI is InChI=1S/C14H14ClNO4/c15-7-8-19-9-10-20-14-6-5-13(16(17)18)11-3-1-2-4-12(11)14/h1-6H,7-10H2. The Kier molecular flexibility index (Phi) is 5.15. The van der Waals surface area contributed by atoms with Crippen LogP contribution < -0.4 is 4.74 Å². The van der Waals surface area contributed by atoms with Gasteiger partial charge in [-0.1, -0.05) is 18.2 Å². The molecular weight excluding hydrogens is 282 g/mol. The second kappa shape index (κ2) is 7.07. The number of non-ortho nitro benzene ring substituents is 1. The number of alkyl halides is 1. The molecule has 5 nitrogen and oxygen atoms in total. The molecule has 0 atom stereocenters. The molecule has 2 rings (SSSR count). The largest absolute Gasteiger partial charge is 0.491 e. The van der Waals surface area contributed by atoms with Crippen molar-refractivity contribution in [3.8, 4) is 5.75 Å².